The molecule has 1 N–H and O–H groups in total. The van der Waals surface area contributed by atoms with Gasteiger partial charge in [-0.15, -0.1) is 11.3 Å². The van der Waals surface area contributed by atoms with Gasteiger partial charge in [0.15, 0.2) is 0 Å². The maximum atomic E-state index is 5.86. The molecule has 0 aliphatic carbocycles. The van der Waals surface area contributed by atoms with E-state index in [1.807, 2.05) is 0 Å². The molecule has 6 heteroatoms. The number of aromatic nitrogens is 1. The average molecular weight is 310 g/mol. The molecule has 0 radical (unpaired) electrons. The molecule has 1 aromatic heterocycles. The predicted octanol–water partition coefficient (Wildman–Crippen LogP) is 3.25. The van der Waals surface area contributed by atoms with Crippen LogP contribution >= 0.6 is 22.9 Å². The smallest absolute Gasteiger partial charge is 0.113 e. The Kier molecular flexibility index (Phi) is 4.40. The van der Waals surface area contributed by atoms with Gasteiger partial charge in [0.05, 0.1) is 26.0 Å². The van der Waals surface area contributed by atoms with E-state index >= 15 is 0 Å². The molecule has 0 saturated carbocycles. The van der Waals surface area contributed by atoms with Gasteiger partial charge < -0.3 is 15.0 Å². The fraction of sp³-hybridized carbons (Fsp3) is 0.357. The molecule has 2 heterocycles. The normalized spacial score (nSPS) is 15.3. The van der Waals surface area contributed by atoms with Crippen molar-refractivity contribution in [2.75, 3.05) is 36.5 Å². The number of morpholine rings is 1. The first kappa shape index (κ1) is 13.7. The van der Waals surface area contributed by atoms with Crippen LogP contribution in [0.5, 0.6) is 0 Å². The van der Waals surface area contributed by atoms with E-state index in [1.165, 1.54) is 17.0 Å². The molecule has 0 spiro atoms. The lowest BCUT2D eigenvalue weighted by Crippen LogP contribution is -2.36. The fourth-order valence-electron chi connectivity index (χ4n) is 2.16. The predicted molar refractivity (Wildman–Crippen MR) is 83.9 cm³/mol. The number of nitrogens with zero attached hydrogens (tertiary/aromatic N) is 2. The lowest BCUT2D eigenvalue weighted by Gasteiger charge is -2.28. The third-order valence-corrected chi connectivity index (χ3v) is 4.33. The second kappa shape index (κ2) is 6.43. The molecule has 3 rings (SSSR count). The third-order valence-electron chi connectivity index (χ3n) is 3.21. The van der Waals surface area contributed by atoms with Crippen molar-refractivity contribution in [1.82, 2.24) is 4.98 Å². The molecule has 4 nitrogen and oxygen atoms in total. The number of hydrogen-bond donors (Lipinski definition) is 1. The molecule has 1 aliphatic heterocycles. The Hall–Kier alpha value is -1.30. The molecule has 2 aromatic rings. The number of anilines is 2. The summed E-state index contributed by atoms with van der Waals surface area (Å²) in [5.74, 6) is 0. The van der Waals surface area contributed by atoms with Crippen molar-refractivity contribution in [3.05, 3.63) is 39.8 Å². The standard InChI is InChI=1S/C14H16ClN3OS/c15-13-9-17-14(20-13)10-16-11-1-3-12(4-2-11)18-5-7-19-8-6-18/h1-4,9,16H,5-8,10H2. The van der Waals surface area contributed by atoms with Crippen LogP contribution in [0, 0.1) is 0 Å². The van der Waals surface area contributed by atoms with Crippen LogP contribution in [0.4, 0.5) is 11.4 Å². The third kappa shape index (κ3) is 3.42. The molecule has 1 saturated heterocycles. The summed E-state index contributed by atoms with van der Waals surface area (Å²) in [6, 6.07) is 8.48. The summed E-state index contributed by atoms with van der Waals surface area (Å²) in [6.07, 6.45) is 1.69. The Morgan fingerprint density at radius 1 is 1.25 bits per heavy atom. The molecule has 1 aromatic carbocycles. The number of ether oxygens (including phenoxy) is 1. The number of benzene rings is 1. The van der Waals surface area contributed by atoms with Crippen LogP contribution in [0.25, 0.3) is 0 Å². The Labute approximate surface area is 127 Å². The first-order valence-electron chi connectivity index (χ1n) is 6.58. The van der Waals surface area contributed by atoms with Gasteiger partial charge in [-0.05, 0) is 24.3 Å². The molecule has 0 amide bonds. The summed E-state index contributed by atoms with van der Waals surface area (Å²) in [6.45, 7) is 4.25. The molecule has 1 fully saturated rings. The van der Waals surface area contributed by atoms with E-state index in [0.29, 0.717) is 6.54 Å². The zero-order valence-corrected chi connectivity index (χ0v) is 12.6. The van der Waals surface area contributed by atoms with E-state index in [2.05, 4.69) is 39.5 Å². The van der Waals surface area contributed by atoms with Crippen LogP contribution in [0.2, 0.25) is 4.34 Å². The molecular formula is C14H16ClN3OS. The number of nitrogens with one attached hydrogen (secondary N) is 1. The topological polar surface area (TPSA) is 37.4 Å². The van der Waals surface area contributed by atoms with Gasteiger partial charge >= 0.3 is 0 Å². The Morgan fingerprint density at radius 2 is 2.00 bits per heavy atom. The van der Waals surface area contributed by atoms with Gasteiger partial charge in [0.25, 0.3) is 0 Å². The van der Waals surface area contributed by atoms with Crippen molar-refractivity contribution in [2.45, 2.75) is 6.54 Å². The summed E-state index contributed by atoms with van der Waals surface area (Å²) in [4.78, 5) is 6.56. The lowest BCUT2D eigenvalue weighted by molar-refractivity contribution is 0.122. The van der Waals surface area contributed by atoms with Crippen LogP contribution in [0.1, 0.15) is 5.01 Å². The largest absolute Gasteiger partial charge is 0.379 e. The monoisotopic (exact) mass is 309 g/mol. The molecule has 1 aliphatic rings. The van der Waals surface area contributed by atoms with E-state index in [4.69, 9.17) is 16.3 Å². The highest BCUT2D eigenvalue weighted by Gasteiger charge is 2.10. The van der Waals surface area contributed by atoms with Gasteiger partial charge in [0.2, 0.25) is 0 Å². The van der Waals surface area contributed by atoms with Crippen molar-refractivity contribution in [3.8, 4) is 0 Å². The van der Waals surface area contributed by atoms with E-state index in [0.717, 1.165) is 41.3 Å². The van der Waals surface area contributed by atoms with Crippen LogP contribution in [-0.4, -0.2) is 31.3 Å². The minimum atomic E-state index is 0.703. The number of thiazole rings is 1. The maximum absolute atomic E-state index is 5.86. The van der Waals surface area contributed by atoms with Gasteiger partial charge in [-0.3, -0.25) is 0 Å². The van der Waals surface area contributed by atoms with Crippen molar-refractivity contribution < 1.29 is 4.74 Å². The molecule has 0 unspecified atom stereocenters. The first-order chi connectivity index (χ1) is 9.81. The second-order valence-corrected chi connectivity index (χ2v) is 6.30. The highest BCUT2D eigenvalue weighted by molar-refractivity contribution is 7.15. The maximum Gasteiger partial charge on any atom is 0.113 e. The SMILES string of the molecule is Clc1cnc(CNc2ccc(N3CCOCC3)cc2)s1. The molecular weight excluding hydrogens is 294 g/mol. The van der Waals surface area contributed by atoms with Crippen LogP contribution in [-0.2, 0) is 11.3 Å². The van der Waals surface area contributed by atoms with Gasteiger partial charge in [0, 0.05) is 24.5 Å². The van der Waals surface area contributed by atoms with Crippen LogP contribution in [0.15, 0.2) is 30.5 Å². The van der Waals surface area contributed by atoms with Crippen molar-refractivity contribution in [3.63, 3.8) is 0 Å². The van der Waals surface area contributed by atoms with Crippen LogP contribution in [0.3, 0.4) is 0 Å². The summed E-state index contributed by atoms with van der Waals surface area (Å²) in [7, 11) is 0. The number of halogens is 1. The highest BCUT2D eigenvalue weighted by atomic mass is 35.5. The number of hydrogen-bond acceptors (Lipinski definition) is 5. The summed E-state index contributed by atoms with van der Waals surface area (Å²) < 4.78 is 6.09. The Balaban J connectivity index is 1.58. The molecule has 20 heavy (non-hydrogen) atoms. The zero-order chi connectivity index (χ0) is 13.8. The summed E-state index contributed by atoms with van der Waals surface area (Å²) >= 11 is 7.36. The summed E-state index contributed by atoms with van der Waals surface area (Å²) in [5.41, 5.74) is 2.34. The van der Waals surface area contributed by atoms with Gasteiger partial charge in [-0.1, -0.05) is 11.6 Å². The van der Waals surface area contributed by atoms with Crippen molar-refractivity contribution >= 4 is 34.3 Å². The Bertz CT molecular complexity index is 552. The van der Waals surface area contributed by atoms with E-state index in [9.17, 15) is 0 Å². The van der Waals surface area contributed by atoms with E-state index in [1.54, 1.807) is 6.20 Å². The summed E-state index contributed by atoms with van der Waals surface area (Å²) in [5, 5.41) is 4.34. The highest BCUT2D eigenvalue weighted by Crippen LogP contribution is 2.21. The number of rotatable bonds is 4. The van der Waals surface area contributed by atoms with Crippen molar-refractivity contribution in [1.29, 1.82) is 0 Å². The van der Waals surface area contributed by atoms with E-state index in [-0.39, 0.29) is 0 Å². The van der Waals surface area contributed by atoms with E-state index < -0.39 is 0 Å². The fourth-order valence-corrected chi connectivity index (χ4v) is 3.06. The first-order valence-corrected chi connectivity index (χ1v) is 7.77. The quantitative estimate of drug-likeness (QED) is 0.941. The molecule has 0 bridgehead atoms. The minimum absolute atomic E-state index is 0.703. The minimum Gasteiger partial charge on any atom is -0.379 e. The van der Waals surface area contributed by atoms with Gasteiger partial charge in [0.1, 0.15) is 9.34 Å². The van der Waals surface area contributed by atoms with Crippen LogP contribution < -0.4 is 10.2 Å². The zero-order valence-electron chi connectivity index (χ0n) is 11.0. The lowest BCUT2D eigenvalue weighted by atomic mass is 10.2. The average Bonchev–Trinajstić information content (AvgIpc) is 2.92. The van der Waals surface area contributed by atoms with Crippen molar-refractivity contribution in [2.24, 2.45) is 0 Å². The molecule has 0 atom stereocenters. The van der Waals surface area contributed by atoms with Gasteiger partial charge in [-0.25, -0.2) is 4.98 Å². The molecule has 106 valence electrons. The Morgan fingerprint density at radius 3 is 2.65 bits per heavy atom. The van der Waals surface area contributed by atoms with Gasteiger partial charge in [-0.2, -0.15) is 0 Å². The second-order valence-electron chi connectivity index (χ2n) is 4.56.